The van der Waals surface area contributed by atoms with Gasteiger partial charge in [0, 0.05) is 48.6 Å². The maximum absolute atomic E-state index is 11.3. The van der Waals surface area contributed by atoms with Gasteiger partial charge in [0.05, 0.1) is 17.4 Å². The van der Waals surface area contributed by atoms with E-state index in [1.807, 2.05) is 48.7 Å². The van der Waals surface area contributed by atoms with E-state index >= 15 is 0 Å². The molecular formula is C33H37ClN2O4. The molecule has 1 aromatic heterocycles. The number of aromatic nitrogens is 1. The molecule has 3 aliphatic heterocycles. The maximum Gasteiger partial charge on any atom is 0.131 e. The van der Waals surface area contributed by atoms with Crippen LogP contribution < -0.4 is 9.47 Å². The van der Waals surface area contributed by atoms with E-state index in [0.717, 1.165) is 85.0 Å². The first-order valence-electron chi connectivity index (χ1n) is 14.4. The molecule has 0 spiro atoms. The van der Waals surface area contributed by atoms with Gasteiger partial charge in [0.25, 0.3) is 0 Å². The summed E-state index contributed by atoms with van der Waals surface area (Å²) in [5.74, 6) is 1.67. The Kier molecular flexibility index (Phi) is 8.40. The van der Waals surface area contributed by atoms with Crippen molar-refractivity contribution in [3.05, 3.63) is 94.3 Å². The summed E-state index contributed by atoms with van der Waals surface area (Å²) < 4.78 is 18.2. The molecule has 7 heteroatoms. The van der Waals surface area contributed by atoms with Gasteiger partial charge in [-0.3, -0.25) is 4.98 Å². The van der Waals surface area contributed by atoms with E-state index in [1.54, 1.807) is 0 Å². The standard InChI is InChI=1S/C33H37ClN2O4/c34-25-10-8-24(9-11-25)33(37)14-18-36(19-15-33)17-4-7-28-29-6-3-16-35-31(29)23-40-32-13-12-26(21-30(28)32)39-22-27-5-1-2-20-38-27/h3,6-13,16,21,27,37H,1-2,4-5,14-15,17-20,22-23H2/b28-7+. The minimum atomic E-state index is -0.791. The van der Waals surface area contributed by atoms with Gasteiger partial charge in [-0.2, -0.15) is 0 Å². The number of rotatable bonds is 7. The zero-order valence-corrected chi connectivity index (χ0v) is 23.6. The Morgan fingerprint density at radius 3 is 2.73 bits per heavy atom. The topological polar surface area (TPSA) is 64.1 Å². The number of aliphatic hydroxyl groups is 1. The molecule has 2 fully saturated rings. The van der Waals surface area contributed by atoms with Crippen molar-refractivity contribution < 1.29 is 19.3 Å². The lowest BCUT2D eigenvalue weighted by atomic mass is 9.84. The first-order chi connectivity index (χ1) is 19.6. The van der Waals surface area contributed by atoms with Crippen molar-refractivity contribution >= 4 is 17.2 Å². The van der Waals surface area contributed by atoms with Crippen molar-refractivity contribution in [1.82, 2.24) is 9.88 Å². The molecule has 0 bridgehead atoms. The highest BCUT2D eigenvalue weighted by Crippen LogP contribution is 2.39. The van der Waals surface area contributed by atoms with Crippen LogP contribution in [0.25, 0.3) is 5.57 Å². The largest absolute Gasteiger partial charge is 0.491 e. The van der Waals surface area contributed by atoms with Crippen LogP contribution in [0.2, 0.25) is 5.02 Å². The monoisotopic (exact) mass is 560 g/mol. The summed E-state index contributed by atoms with van der Waals surface area (Å²) >= 11 is 6.05. The molecule has 3 aliphatic rings. The van der Waals surface area contributed by atoms with E-state index in [4.69, 9.17) is 25.8 Å². The maximum atomic E-state index is 11.3. The second-order valence-corrected chi connectivity index (χ2v) is 11.5. The highest BCUT2D eigenvalue weighted by Gasteiger charge is 2.33. The third-order valence-electron chi connectivity index (χ3n) is 8.35. The quantitative estimate of drug-likeness (QED) is 0.362. The van der Waals surface area contributed by atoms with Gasteiger partial charge in [-0.05, 0) is 86.1 Å². The normalized spacial score (nSPS) is 21.6. The van der Waals surface area contributed by atoms with E-state index in [9.17, 15) is 5.11 Å². The number of halogens is 1. The zero-order chi connectivity index (χ0) is 27.4. The summed E-state index contributed by atoms with van der Waals surface area (Å²) in [5.41, 5.74) is 4.36. The number of hydrogen-bond donors (Lipinski definition) is 1. The number of piperidine rings is 1. The molecular weight excluding hydrogens is 524 g/mol. The SMILES string of the molecule is OC1(c2ccc(Cl)cc2)CCN(CC/C=C2/c3cc(OCC4CCCCO4)ccc3OCc3ncccc32)CC1. The molecule has 1 N–H and O–H groups in total. The van der Waals surface area contributed by atoms with Gasteiger partial charge in [-0.1, -0.05) is 35.9 Å². The fourth-order valence-corrected chi connectivity index (χ4v) is 6.09. The lowest BCUT2D eigenvalue weighted by Gasteiger charge is -2.38. The number of fused-ring (bicyclic) bond motifs is 2. The molecule has 2 aromatic carbocycles. The predicted molar refractivity (Wildman–Crippen MR) is 157 cm³/mol. The molecule has 6 nitrogen and oxygen atoms in total. The van der Waals surface area contributed by atoms with Crippen LogP contribution in [0.3, 0.4) is 0 Å². The Hall–Kier alpha value is -2.90. The summed E-state index contributed by atoms with van der Waals surface area (Å²) in [4.78, 5) is 7.05. The number of pyridine rings is 1. The fourth-order valence-electron chi connectivity index (χ4n) is 5.96. The summed E-state index contributed by atoms with van der Waals surface area (Å²) in [7, 11) is 0. The van der Waals surface area contributed by atoms with Crippen molar-refractivity contribution in [3.8, 4) is 11.5 Å². The van der Waals surface area contributed by atoms with E-state index in [1.165, 1.54) is 6.42 Å². The highest BCUT2D eigenvalue weighted by molar-refractivity contribution is 6.30. The zero-order valence-electron chi connectivity index (χ0n) is 22.9. The smallest absolute Gasteiger partial charge is 0.131 e. The molecule has 0 aliphatic carbocycles. The molecule has 1 atom stereocenters. The van der Waals surface area contributed by atoms with Crippen LogP contribution in [0.1, 0.15) is 60.9 Å². The molecule has 6 rings (SSSR count). The minimum absolute atomic E-state index is 0.158. The third-order valence-corrected chi connectivity index (χ3v) is 8.61. The molecule has 0 amide bonds. The Labute approximate surface area is 241 Å². The van der Waals surface area contributed by atoms with Crippen LogP contribution in [0.4, 0.5) is 0 Å². The molecule has 0 saturated carbocycles. The Morgan fingerprint density at radius 1 is 1.07 bits per heavy atom. The second-order valence-electron chi connectivity index (χ2n) is 11.0. The van der Waals surface area contributed by atoms with Gasteiger partial charge < -0.3 is 24.2 Å². The van der Waals surface area contributed by atoms with Crippen LogP contribution in [0.15, 0.2) is 66.9 Å². The Balaban J connectivity index is 1.16. The Bertz CT molecular complexity index is 1330. The first-order valence-corrected chi connectivity index (χ1v) is 14.8. The summed E-state index contributed by atoms with van der Waals surface area (Å²) in [6, 6.07) is 17.8. The fraction of sp³-hybridized carbons (Fsp3) is 0.424. The predicted octanol–water partition coefficient (Wildman–Crippen LogP) is 6.38. The lowest BCUT2D eigenvalue weighted by Crippen LogP contribution is -2.42. The van der Waals surface area contributed by atoms with Gasteiger partial charge in [0.2, 0.25) is 0 Å². The minimum Gasteiger partial charge on any atom is -0.491 e. The number of ether oxygens (including phenoxy) is 3. The van der Waals surface area contributed by atoms with Crippen LogP contribution in [0, 0.1) is 0 Å². The molecule has 210 valence electrons. The van der Waals surface area contributed by atoms with Crippen molar-refractivity contribution in [2.75, 3.05) is 32.8 Å². The third kappa shape index (κ3) is 6.21. The van der Waals surface area contributed by atoms with E-state index in [-0.39, 0.29) is 6.10 Å². The van der Waals surface area contributed by atoms with Gasteiger partial charge in [-0.15, -0.1) is 0 Å². The number of benzene rings is 2. The first kappa shape index (κ1) is 27.3. The van der Waals surface area contributed by atoms with Crippen molar-refractivity contribution in [2.45, 2.75) is 56.8 Å². The van der Waals surface area contributed by atoms with Gasteiger partial charge in [-0.25, -0.2) is 0 Å². The lowest BCUT2D eigenvalue weighted by molar-refractivity contribution is -0.0254. The summed E-state index contributed by atoms with van der Waals surface area (Å²) in [6.07, 6.45) is 9.96. The molecule has 1 unspecified atom stereocenters. The molecule has 3 aromatic rings. The van der Waals surface area contributed by atoms with E-state index in [2.05, 4.69) is 28.1 Å². The van der Waals surface area contributed by atoms with E-state index in [0.29, 0.717) is 31.1 Å². The van der Waals surface area contributed by atoms with Gasteiger partial charge >= 0.3 is 0 Å². The number of likely N-dealkylation sites (tertiary alicyclic amines) is 1. The van der Waals surface area contributed by atoms with Crippen LogP contribution in [0.5, 0.6) is 11.5 Å². The number of nitrogens with zero attached hydrogens (tertiary/aromatic N) is 2. The Morgan fingerprint density at radius 2 is 1.93 bits per heavy atom. The van der Waals surface area contributed by atoms with Crippen LogP contribution >= 0.6 is 11.6 Å². The summed E-state index contributed by atoms with van der Waals surface area (Å²) in [6.45, 7) is 4.43. The average Bonchev–Trinajstić information content (AvgIpc) is 3.15. The van der Waals surface area contributed by atoms with E-state index < -0.39 is 5.60 Å². The van der Waals surface area contributed by atoms with Crippen LogP contribution in [-0.4, -0.2) is 53.9 Å². The van der Waals surface area contributed by atoms with Gasteiger partial charge in [0.15, 0.2) is 0 Å². The molecule has 0 radical (unpaired) electrons. The average molecular weight is 561 g/mol. The van der Waals surface area contributed by atoms with Crippen molar-refractivity contribution in [3.63, 3.8) is 0 Å². The van der Waals surface area contributed by atoms with Crippen molar-refractivity contribution in [1.29, 1.82) is 0 Å². The molecule has 40 heavy (non-hydrogen) atoms. The number of hydrogen-bond acceptors (Lipinski definition) is 6. The molecule has 2 saturated heterocycles. The molecule has 4 heterocycles. The van der Waals surface area contributed by atoms with Gasteiger partial charge in [0.1, 0.15) is 24.7 Å². The second kappa shape index (κ2) is 12.3. The van der Waals surface area contributed by atoms with Crippen molar-refractivity contribution in [2.24, 2.45) is 0 Å². The summed E-state index contributed by atoms with van der Waals surface area (Å²) in [5, 5.41) is 12.0. The highest BCUT2D eigenvalue weighted by atomic mass is 35.5. The van der Waals surface area contributed by atoms with Crippen LogP contribution in [-0.2, 0) is 16.9 Å².